The first-order valence-electron chi connectivity index (χ1n) is 9.61. The quantitative estimate of drug-likeness (QED) is 0.890. The van der Waals surface area contributed by atoms with Crippen LogP contribution in [0.25, 0.3) is 11.0 Å². The summed E-state index contributed by atoms with van der Waals surface area (Å²) in [5.41, 5.74) is 1.71. The van der Waals surface area contributed by atoms with Gasteiger partial charge >= 0.3 is 0 Å². The molecule has 0 bridgehead atoms. The molecule has 5 nitrogen and oxygen atoms in total. The van der Waals surface area contributed by atoms with Crippen molar-refractivity contribution in [2.75, 3.05) is 23.3 Å². The van der Waals surface area contributed by atoms with Crippen LogP contribution < -0.4 is 10.2 Å². The summed E-state index contributed by atoms with van der Waals surface area (Å²) >= 11 is 0. The number of fused-ring (bicyclic) bond motifs is 1. The van der Waals surface area contributed by atoms with Gasteiger partial charge in [0, 0.05) is 19.5 Å². The van der Waals surface area contributed by atoms with E-state index in [9.17, 15) is 4.79 Å². The van der Waals surface area contributed by atoms with E-state index in [1.54, 1.807) is 0 Å². The van der Waals surface area contributed by atoms with Crippen LogP contribution in [0.15, 0.2) is 24.3 Å². The molecule has 5 heteroatoms. The smallest absolute Gasteiger partial charge is 0.225 e. The lowest BCUT2D eigenvalue weighted by Gasteiger charge is -2.20. The average molecular weight is 338 g/mol. The van der Waals surface area contributed by atoms with Crippen LogP contribution in [0.5, 0.6) is 0 Å². The fourth-order valence-electron chi connectivity index (χ4n) is 4.05. The maximum atomic E-state index is 12.5. The zero-order chi connectivity index (χ0) is 17.1. The summed E-state index contributed by atoms with van der Waals surface area (Å²) in [7, 11) is 0. The molecule has 2 heterocycles. The van der Waals surface area contributed by atoms with Gasteiger partial charge in [0.2, 0.25) is 5.91 Å². The second-order valence-corrected chi connectivity index (χ2v) is 7.32. The standard InChI is InChI=1S/C20H26N4O/c25-18(12-11-15-7-1-2-8-15)23-19-20(24-13-5-6-14-24)22-17-10-4-3-9-16(17)21-19/h3-4,9-10,15H,1-2,5-8,11-14H2,(H,21,23,25). The minimum atomic E-state index is 0.0666. The number of amides is 1. The Balaban J connectivity index is 1.53. The van der Waals surface area contributed by atoms with Crippen LogP contribution in [-0.2, 0) is 4.79 Å². The monoisotopic (exact) mass is 338 g/mol. The van der Waals surface area contributed by atoms with Gasteiger partial charge in [0.15, 0.2) is 11.6 Å². The third kappa shape index (κ3) is 3.75. The first kappa shape index (κ1) is 16.3. The highest BCUT2D eigenvalue weighted by molar-refractivity contribution is 5.94. The summed E-state index contributed by atoms with van der Waals surface area (Å²) < 4.78 is 0. The van der Waals surface area contributed by atoms with Gasteiger partial charge in [-0.2, -0.15) is 0 Å². The van der Waals surface area contributed by atoms with Gasteiger partial charge in [-0.1, -0.05) is 37.8 Å². The largest absolute Gasteiger partial charge is 0.354 e. The third-order valence-corrected chi connectivity index (χ3v) is 5.47. The Morgan fingerprint density at radius 1 is 1.04 bits per heavy atom. The van der Waals surface area contributed by atoms with Gasteiger partial charge in [-0.25, -0.2) is 9.97 Å². The van der Waals surface area contributed by atoms with Crippen LogP contribution in [-0.4, -0.2) is 29.0 Å². The number of nitrogens with one attached hydrogen (secondary N) is 1. The Kier molecular flexibility index (Phi) is 4.81. The molecule has 2 aliphatic rings. The fraction of sp³-hybridized carbons (Fsp3) is 0.550. The van der Waals surface area contributed by atoms with Crippen molar-refractivity contribution in [3.8, 4) is 0 Å². The highest BCUT2D eigenvalue weighted by atomic mass is 16.1. The molecule has 1 saturated heterocycles. The number of anilines is 2. The molecular weight excluding hydrogens is 312 g/mol. The van der Waals surface area contributed by atoms with Gasteiger partial charge in [0.05, 0.1) is 11.0 Å². The summed E-state index contributed by atoms with van der Waals surface area (Å²) in [6, 6.07) is 7.86. The van der Waals surface area contributed by atoms with Crippen molar-refractivity contribution in [1.82, 2.24) is 9.97 Å². The van der Waals surface area contributed by atoms with Gasteiger partial charge in [-0.15, -0.1) is 0 Å². The third-order valence-electron chi connectivity index (χ3n) is 5.47. The molecular formula is C20H26N4O. The van der Waals surface area contributed by atoms with Gasteiger partial charge in [-0.3, -0.25) is 4.79 Å². The molecule has 4 rings (SSSR count). The van der Waals surface area contributed by atoms with E-state index in [-0.39, 0.29) is 5.91 Å². The zero-order valence-corrected chi connectivity index (χ0v) is 14.7. The number of carbonyl (C=O) groups is 1. The molecule has 2 fully saturated rings. The van der Waals surface area contributed by atoms with Crippen LogP contribution in [0.1, 0.15) is 51.4 Å². The molecule has 0 spiro atoms. The minimum Gasteiger partial charge on any atom is -0.354 e. The Hall–Kier alpha value is -2.17. The van der Waals surface area contributed by atoms with E-state index in [4.69, 9.17) is 9.97 Å². The van der Waals surface area contributed by atoms with Crippen molar-refractivity contribution in [3.05, 3.63) is 24.3 Å². The number of rotatable bonds is 5. The zero-order valence-electron chi connectivity index (χ0n) is 14.7. The van der Waals surface area contributed by atoms with Crippen LogP contribution in [0.2, 0.25) is 0 Å². The molecule has 0 atom stereocenters. The van der Waals surface area contributed by atoms with Gasteiger partial charge in [0.25, 0.3) is 0 Å². The molecule has 1 aromatic carbocycles. The highest BCUT2D eigenvalue weighted by Gasteiger charge is 2.21. The van der Waals surface area contributed by atoms with Crippen molar-refractivity contribution < 1.29 is 4.79 Å². The van der Waals surface area contributed by atoms with Crippen LogP contribution in [0.4, 0.5) is 11.6 Å². The number of carbonyl (C=O) groups excluding carboxylic acids is 1. The maximum absolute atomic E-state index is 12.5. The molecule has 25 heavy (non-hydrogen) atoms. The second kappa shape index (κ2) is 7.38. The summed E-state index contributed by atoms with van der Waals surface area (Å²) in [4.78, 5) is 24.2. The predicted molar refractivity (Wildman–Crippen MR) is 101 cm³/mol. The lowest BCUT2D eigenvalue weighted by Crippen LogP contribution is -2.23. The number of hydrogen-bond acceptors (Lipinski definition) is 4. The summed E-state index contributed by atoms with van der Waals surface area (Å²) in [5.74, 6) is 2.24. The van der Waals surface area contributed by atoms with Crippen LogP contribution in [0.3, 0.4) is 0 Å². The SMILES string of the molecule is O=C(CCC1CCCC1)Nc1nc2ccccc2nc1N1CCCC1. The lowest BCUT2D eigenvalue weighted by atomic mass is 10.0. The predicted octanol–water partition coefficient (Wildman–Crippen LogP) is 4.14. The van der Waals surface area contributed by atoms with Crippen LogP contribution >= 0.6 is 0 Å². The molecule has 0 radical (unpaired) electrons. The minimum absolute atomic E-state index is 0.0666. The maximum Gasteiger partial charge on any atom is 0.225 e. The van der Waals surface area contributed by atoms with Crippen molar-refractivity contribution in [1.29, 1.82) is 0 Å². The van der Waals surface area contributed by atoms with Crippen molar-refractivity contribution >= 4 is 28.6 Å². The first-order chi connectivity index (χ1) is 12.3. The molecule has 1 aliphatic heterocycles. The molecule has 132 valence electrons. The van der Waals surface area contributed by atoms with E-state index >= 15 is 0 Å². The first-order valence-corrected chi connectivity index (χ1v) is 9.61. The van der Waals surface area contributed by atoms with E-state index in [2.05, 4.69) is 10.2 Å². The molecule has 1 N–H and O–H groups in total. The molecule has 0 unspecified atom stereocenters. The Morgan fingerprint density at radius 2 is 1.72 bits per heavy atom. The second-order valence-electron chi connectivity index (χ2n) is 7.32. The van der Waals surface area contributed by atoms with Gasteiger partial charge in [0.1, 0.15) is 0 Å². The summed E-state index contributed by atoms with van der Waals surface area (Å²) in [6.45, 7) is 1.97. The van der Waals surface area contributed by atoms with Crippen LogP contribution in [0, 0.1) is 5.92 Å². The Morgan fingerprint density at radius 3 is 2.44 bits per heavy atom. The van der Waals surface area contributed by atoms with Crippen molar-refractivity contribution in [2.24, 2.45) is 5.92 Å². The average Bonchev–Trinajstić information content (AvgIpc) is 3.33. The number of para-hydroxylation sites is 2. The number of nitrogens with zero attached hydrogens (tertiary/aromatic N) is 3. The highest BCUT2D eigenvalue weighted by Crippen LogP contribution is 2.30. The number of benzene rings is 1. The van der Waals surface area contributed by atoms with E-state index < -0.39 is 0 Å². The normalized spacial score (nSPS) is 18.2. The van der Waals surface area contributed by atoms with Gasteiger partial charge < -0.3 is 10.2 Å². The Labute approximate surface area is 148 Å². The molecule has 1 aliphatic carbocycles. The molecule has 1 saturated carbocycles. The van der Waals surface area contributed by atoms with Crippen molar-refractivity contribution in [2.45, 2.75) is 51.4 Å². The fourth-order valence-corrected chi connectivity index (χ4v) is 4.05. The molecule has 1 amide bonds. The topological polar surface area (TPSA) is 58.1 Å². The lowest BCUT2D eigenvalue weighted by molar-refractivity contribution is -0.116. The van der Waals surface area contributed by atoms with E-state index in [0.717, 1.165) is 42.3 Å². The van der Waals surface area contributed by atoms with E-state index in [1.165, 1.54) is 38.5 Å². The summed E-state index contributed by atoms with van der Waals surface area (Å²) in [5, 5.41) is 3.05. The summed E-state index contributed by atoms with van der Waals surface area (Å²) in [6.07, 6.45) is 9.12. The van der Waals surface area contributed by atoms with E-state index in [0.29, 0.717) is 12.2 Å². The number of hydrogen-bond donors (Lipinski definition) is 1. The number of aromatic nitrogens is 2. The van der Waals surface area contributed by atoms with Gasteiger partial charge in [-0.05, 0) is 37.3 Å². The Bertz CT molecular complexity index is 748. The van der Waals surface area contributed by atoms with E-state index in [1.807, 2.05) is 24.3 Å². The molecule has 2 aromatic rings. The van der Waals surface area contributed by atoms with Crippen molar-refractivity contribution in [3.63, 3.8) is 0 Å². The molecule has 1 aromatic heterocycles.